The van der Waals surface area contributed by atoms with Gasteiger partial charge in [-0.3, -0.25) is 0 Å². The molecular formula is C9H10ClN3OS. The Morgan fingerprint density at radius 1 is 1.73 bits per heavy atom. The summed E-state index contributed by atoms with van der Waals surface area (Å²) >= 11 is 7.05. The summed E-state index contributed by atoms with van der Waals surface area (Å²) in [6, 6.07) is 2.27. The van der Waals surface area contributed by atoms with Crippen LogP contribution in [0.3, 0.4) is 0 Å². The molecule has 6 heteroatoms. The average molecular weight is 244 g/mol. The maximum atomic E-state index is 8.73. The lowest BCUT2D eigenvalue weighted by molar-refractivity contribution is 0.121. The van der Waals surface area contributed by atoms with Gasteiger partial charge >= 0.3 is 0 Å². The van der Waals surface area contributed by atoms with Crippen LogP contribution in [0.15, 0.2) is 0 Å². The molecule has 0 bridgehead atoms. The van der Waals surface area contributed by atoms with Crippen LogP contribution in [0.1, 0.15) is 18.2 Å². The highest BCUT2D eigenvalue weighted by atomic mass is 35.5. The van der Waals surface area contributed by atoms with Gasteiger partial charge in [-0.15, -0.1) is 0 Å². The van der Waals surface area contributed by atoms with Gasteiger partial charge in [0.1, 0.15) is 10.9 Å². The van der Waals surface area contributed by atoms with E-state index in [1.807, 2.05) is 13.0 Å². The first-order valence-electron chi connectivity index (χ1n) is 4.65. The summed E-state index contributed by atoms with van der Waals surface area (Å²) < 4.78 is 5.42. The van der Waals surface area contributed by atoms with Crippen LogP contribution >= 0.6 is 22.9 Å². The molecule has 0 aliphatic carbocycles. The summed E-state index contributed by atoms with van der Waals surface area (Å²) in [5, 5.41) is 12.9. The number of nitrogens with zero attached hydrogens (tertiary/aromatic N) is 2. The van der Waals surface area contributed by atoms with Gasteiger partial charge in [0.25, 0.3) is 0 Å². The third-order valence-electron chi connectivity index (χ3n) is 2.37. The number of nitriles is 1. The Bertz CT molecular complexity index is 401. The molecule has 15 heavy (non-hydrogen) atoms. The number of nitrogens with one attached hydrogen (secondary N) is 1. The molecule has 0 aromatic carbocycles. The van der Waals surface area contributed by atoms with E-state index < -0.39 is 0 Å². The molecule has 1 aromatic heterocycles. The maximum Gasteiger partial charge on any atom is 0.185 e. The first-order chi connectivity index (χ1) is 7.20. The van der Waals surface area contributed by atoms with Gasteiger partial charge < -0.3 is 10.1 Å². The lowest BCUT2D eigenvalue weighted by Crippen LogP contribution is -2.26. The largest absolute Gasteiger partial charge is 0.376 e. The van der Waals surface area contributed by atoms with Crippen LogP contribution in [0.5, 0.6) is 0 Å². The molecule has 1 aliphatic rings. The molecule has 0 spiro atoms. The quantitative estimate of drug-likeness (QED) is 0.866. The van der Waals surface area contributed by atoms with Crippen molar-refractivity contribution in [1.82, 2.24) is 4.98 Å². The fraction of sp³-hybridized carbons (Fsp3) is 0.556. The molecule has 0 saturated carbocycles. The standard InChI is InChI=1S/C9H10ClN3OS/c1-5-6(2-3-14-5)12-9-13-8(10)7(4-11)15-9/h5-6H,2-3H2,1H3,(H,12,13). The van der Waals surface area contributed by atoms with E-state index >= 15 is 0 Å². The molecule has 2 atom stereocenters. The number of aromatic nitrogens is 1. The van der Waals surface area contributed by atoms with E-state index in [0.717, 1.165) is 13.0 Å². The van der Waals surface area contributed by atoms with Crippen molar-refractivity contribution in [2.75, 3.05) is 11.9 Å². The molecule has 0 amide bonds. The van der Waals surface area contributed by atoms with Gasteiger partial charge in [-0.05, 0) is 13.3 Å². The minimum atomic E-state index is 0.179. The van der Waals surface area contributed by atoms with Crippen LogP contribution in [0, 0.1) is 11.3 Å². The maximum absolute atomic E-state index is 8.73. The number of hydrogen-bond donors (Lipinski definition) is 1. The smallest absolute Gasteiger partial charge is 0.185 e. The van der Waals surface area contributed by atoms with Crippen molar-refractivity contribution in [2.45, 2.75) is 25.5 Å². The third-order valence-corrected chi connectivity index (χ3v) is 3.65. The van der Waals surface area contributed by atoms with E-state index in [-0.39, 0.29) is 17.3 Å². The van der Waals surface area contributed by atoms with E-state index in [1.165, 1.54) is 11.3 Å². The summed E-state index contributed by atoms with van der Waals surface area (Å²) in [7, 11) is 0. The SMILES string of the molecule is CC1OCCC1Nc1nc(Cl)c(C#N)s1. The van der Waals surface area contributed by atoms with E-state index in [1.54, 1.807) is 0 Å². The van der Waals surface area contributed by atoms with E-state index in [4.69, 9.17) is 21.6 Å². The fourth-order valence-electron chi connectivity index (χ4n) is 1.51. The Kier molecular flexibility index (Phi) is 3.10. The number of ether oxygens (including phenoxy) is 1. The van der Waals surface area contributed by atoms with Crippen LogP contribution in [0.4, 0.5) is 5.13 Å². The van der Waals surface area contributed by atoms with Gasteiger partial charge in [-0.25, -0.2) is 4.98 Å². The van der Waals surface area contributed by atoms with Crippen LogP contribution < -0.4 is 5.32 Å². The number of hydrogen-bond acceptors (Lipinski definition) is 5. The average Bonchev–Trinajstić information content (AvgIpc) is 2.75. The summed E-state index contributed by atoms with van der Waals surface area (Å²) in [6.45, 7) is 2.79. The van der Waals surface area contributed by atoms with Gasteiger partial charge in [-0.1, -0.05) is 22.9 Å². The first-order valence-corrected chi connectivity index (χ1v) is 5.84. The van der Waals surface area contributed by atoms with Crippen molar-refractivity contribution in [1.29, 1.82) is 5.26 Å². The summed E-state index contributed by atoms with van der Waals surface area (Å²) in [5.41, 5.74) is 0. The molecule has 2 rings (SSSR count). The number of halogens is 1. The minimum Gasteiger partial charge on any atom is -0.376 e. The number of rotatable bonds is 2. The first kappa shape index (κ1) is 10.7. The third kappa shape index (κ3) is 2.23. The zero-order valence-corrected chi connectivity index (χ0v) is 9.73. The lowest BCUT2D eigenvalue weighted by atomic mass is 10.2. The summed E-state index contributed by atoms with van der Waals surface area (Å²) in [4.78, 5) is 4.52. The second kappa shape index (κ2) is 4.35. The second-order valence-electron chi connectivity index (χ2n) is 3.37. The van der Waals surface area contributed by atoms with E-state index in [0.29, 0.717) is 10.0 Å². The van der Waals surface area contributed by atoms with Crippen LogP contribution in [-0.2, 0) is 4.74 Å². The van der Waals surface area contributed by atoms with E-state index in [2.05, 4.69) is 10.3 Å². The fourth-order valence-corrected chi connectivity index (χ4v) is 2.52. The molecule has 80 valence electrons. The second-order valence-corrected chi connectivity index (χ2v) is 4.72. The number of anilines is 1. The minimum absolute atomic E-state index is 0.179. The lowest BCUT2D eigenvalue weighted by Gasteiger charge is -2.14. The molecule has 4 nitrogen and oxygen atoms in total. The zero-order chi connectivity index (χ0) is 10.8. The van der Waals surface area contributed by atoms with Gasteiger partial charge in [0, 0.05) is 6.61 Å². The Balaban J connectivity index is 2.08. The Labute approximate surface area is 96.8 Å². The molecule has 2 unspecified atom stereocenters. The van der Waals surface area contributed by atoms with Crippen molar-refractivity contribution in [3.8, 4) is 6.07 Å². The highest BCUT2D eigenvalue weighted by Gasteiger charge is 2.25. The molecule has 1 aliphatic heterocycles. The molecule has 1 aromatic rings. The Hall–Kier alpha value is -0.830. The van der Waals surface area contributed by atoms with Crippen molar-refractivity contribution >= 4 is 28.1 Å². The topological polar surface area (TPSA) is 57.9 Å². The molecule has 1 N–H and O–H groups in total. The van der Waals surface area contributed by atoms with Gasteiger partial charge in [0.2, 0.25) is 0 Å². The highest BCUT2D eigenvalue weighted by Crippen LogP contribution is 2.28. The van der Waals surface area contributed by atoms with Crippen molar-refractivity contribution in [2.24, 2.45) is 0 Å². The number of thiazole rings is 1. The predicted octanol–water partition coefficient (Wildman–Crippen LogP) is 2.26. The van der Waals surface area contributed by atoms with Crippen molar-refractivity contribution in [3.05, 3.63) is 10.0 Å². The summed E-state index contributed by atoms with van der Waals surface area (Å²) in [6.07, 6.45) is 1.14. The Morgan fingerprint density at radius 3 is 3.07 bits per heavy atom. The van der Waals surface area contributed by atoms with E-state index in [9.17, 15) is 0 Å². The normalized spacial score (nSPS) is 25.1. The van der Waals surface area contributed by atoms with Crippen LogP contribution in [0.25, 0.3) is 0 Å². The molecule has 0 radical (unpaired) electrons. The monoisotopic (exact) mass is 243 g/mol. The predicted molar refractivity (Wildman–Crippen MR) is 59.3 cm³/mol. The zero-order valence-electron chi connectivity index (χ0n) is 8.16. The van der Waals surface area contributed by atoms with Gasteiger partial charge in [0.15, 0.2) is 10.3 Å². The van der Waals surface area contributed by atoms with Gasteiger partial charge in [-0.2, -0.15) is 5.26 Å². The Morgan fingerprint density at radius 2 is 2.53 bits per heavy atom. The van der Waals surface area contributed by atoms with Crippen molar-refractivity contribution in [3.63, 3.8) is 0 Å². The molecular weight excluding hydrogens is 234 g/mol. The highest BCUT2D eigenvalue weighted by molar-refractivity contribution is 7.16. The molecule has 1 fully saturated rings. The molecule has 1 saturated heterocycles. The van der Waals surface area contributed by atoms with Crippen LogP contribution in [-0.4, -0.2) is 23.7 Å². The van der Waals surface area contributed by atoms with Crippen molar-refractivity contribution < 1.29 is 4.74 Å². The van der Waals surface area contributed by atoms with Crippen LogP contribution in [0.2, 0.25) is 5.15 Å². The van der Waals surface area contributed by atoms with Gasteiger partial charge in [0.05, 0.1) is 12.1 Å². The summed E-state index contributed by atoms with van der Waals surface area (Å²) in [5.74, 6) is 0. The molecule has 2 heterocycles.